The SMILES string of the molecule is CC(C)[C@H]1NC(=O)COc2ccc(cc2)C[C@@H](C(=O)NCCc2nc3ccccc3c(=O)[nH]2)NC(=O)[C@H](C)NC(=O)[C@@H]2CCCN2C1=O. The van der Waals surface area contributed by atoms with E-state index in [1.807, 2.05) is 13.8 Å². The molecule has 14 heteroatoms. The number of nitrogens with zero attached hydrogens (tertiary/aromatic N) is 2. The number of hydrogen-bond acceptors (Lipinski definition) is 8. The normalized spacial score (nSPS) is 22.5. The van der Waals surface area contributed by atoms with E-state index >= 15 is 0 Å². The molecule has 2 aromatic carbocycles. The van der Waals surface area contributed by atoms with E-state index in [0.29, 0.717) is 47.4 Å². The minimum absolute atomic E-state index is 0.116. The van der Waals surface area contributed by atoms with Crippen LogP contribution in [-0.4, -0.2) is 88.3 Å². The molecule has 2 bridgehead atoms. The summed E-state index contributed by atoms with van der Waals surface area (Å²) >= 11 is 0. The second-order valence-electron chi connectivity index (χ2n) is 12.5. The minimum Gasteiger partial charge on any atom is -0.484 e. The standard InChI is InChI=1S/C34H41N7O7/c1-19(2)29-34(47)41-16-6-9-26(41)33(46)36-20(3)30(43)38-25(17-21-10-12-22(13-11-21)48-18-28(42)40-29)32(45)35-15-14-27-37-24-8-5-4-7-23(24)31(44)39-27/h4-5,7-8,10-13,19-20,25-26,29H,6,9,14-18H2,1-3H3,(H,35,45)(H,36,46)(H,38,43)(H,40,42)(H,37,39,44)/t20-,25-,26-,29+/m0/s1. The predicted octanol–water partition coefficient (Wildman–Crippen LogP) is 0.338. The number of H-pyrrole nitrogens is 1. The number of nitrogens with one attached hydrogen (secondary N) is 5. The molecule has 4 atom stereocenters. The highest BCUT2D eigenvalue weighted by atomic mass is 16.5. The number of rotatable bonds is 5. The average Bonchev–Trinajstić information content (AvgIpc) is 3.56. The van der Waals surface area contributed by atoms with Crippen LogP contribution in [0.1, 0.15) is 45.0 Å². The Morgan fingerprint density at radius 3 is 2.50 bits per heavy atom. The van der Waals surface area contributed by atoms with Crippen LogP contribution in [0.3, 0.4) is 0 Å². The zero-order chi connectivity index (χ0) is 34.4. The molecule has 5 N–H and O–H groups in total. The van der Waals surface area contributed by atoms with Crippen molar-refractivity contribution in [2.24, 2.45) is 5.92 Å². The van der Waals surface area contributed by atoms with Gasteiger partial charge < -0.3 is 35.9 Å². The third-order valence-electron chi connectivity index (χ3n) is 8.53. The molecule has 0 saturated carbocycles. The fourth-order valence-corrected chi connectivity index (χ4v) is 5.88. The van der Waals surface area contributed by atoms with Crippen LogP contribution in [0.2, 0.25) is 0 Å². The van der Waals surface area contributed by atoms with Crippen LogP contribution in [-0.2, 0) is 36.8 Å². The third-order valence-corrected chi connectivity index (χ3v) is 8.53. The van der Waals surface area contributed by atoms with Crippen LogP contribution < -0.4 is 31.6 Å². The van der Waals surface area contributed by atoms with Crippen molar-refractivity contribution in [3.63, 3.8) is 0 Å². The fraction of sp³-hybridized carbons (Fsp3) is 0.441. The Morgan fingerprint density at radius 2 is 1.75 bits per heavy atom. The molecule has 1 aromatic heterocycles. The van der Waals surface area contributed by atoms with Gasteiger partial charge in [0, 0.05) is 25.9 Å². The Labute approximate surface area is 277 Å². The van der Waals surface area contributed by atoms with Crippen molar-refractivity contribution in [3.05, 3.63) is 70.3 Å². The maximum absolute atomic E-state index is 13.6. The van der Waals surface area contributed by atoms with E-state index in [9.17, 15) is 28.8 Å². The number of carbonyl (C=O) groups excluding carboxylic acids is 5. The summed E-state index contributed by atoms with van der Waals surface area (Å²) in [6.45, 7) is 5.28. The molecule has 0 spiro atoms. The molecule has 6 rings (SSSR count). The van der Waals surface area contributed by atoms with Crippen LogP contribution in [0.15, 0.2) is 53.3 Å². The molecule has 3 aliphatic heterocycles. The largest absolute Gasteiger partial charge is 0.484 e. The lowest BCUT2D eigenvalue weighted by molar-refractivity contribution is -0.143. The lowest BCUT2D eigenvalue weighted by atomic mass is 10.0. The fourth-order valence-electron chi connectivity index (χ4n) is 5.88. The second-order valence-corrected chi connectivity index (χ2v) is 12.5. The van der Waals surface area contributed by atoms with Crippen molar-refractivity contribution in [3.8, 4) is 5.75 Å². The van der Waals surface area contributed by atoms with Gasteiger partial charge in [-0.25, -0.2) is 4.98 Å². The number of benzene rings is 2. The summed E-state index contributed by atoms with van der Waals surface area (Å²) in [6.07, 6.45) is 1.36. The van der Waals surface area contributed by atoms with E-state index in [0.717, 1.165) is 0 Å². The van der Waals surface area contributed by atoms with E-state index < -0.39 is 47.8 Å². The minimum atomic E-state index is -1.02. The molecular weight excluding hydrogens is 618 g/mol. The zero-order valence-corrected chi connectivity index (χ0v) is 27.2. The van der Waals surface area contributed by atoms with Crippen molar-refractivity contribution in [2.75, 3.05) is 19.7 Å². The molecule has 3 aliphatic rings. The summed E-state index contributed by atoms with van der Waals surface area (Å²) in [5.41, 5.74) is 0.972. The molecule has 0 radical (unpaired) electrons. The Hall–Kier alpha value is -5.27. The van der Waals surface area contributed by atoms with Crippen molar-refractivity contribution >= 4 is 40.4 Å². The maximum Gasteiger partial charge on any atom is 0.258 e. The zero-order valence-electron chi connectivity index (χ0n) is 27.2. The Kier molecular flexibility index (Phi) is 10.7. The molecule has 1 fully saturated rings. The highest BCUT2D eigenvalue weighted by Gasteiger charge is 2.39. The van der Waals surface area contributed by atoms with E-state index in [1.54, 1.807) is 48.5 Å². The molecule has 5 amide bonds. The van der Waals surface area contributed by atoms with Gasteiger partial charge in [-0.3, -0.25) is 28.8 Å². The smallest absolute Gasteiger partial charge is 0.258 e. The van der Waals surface area contributed by atoms with Gasteiger partial charge in [0.1, 0.15) is 35.7 Å². The van der Waals surface area contributed by atoms with E-state index in [-0.39, 0.29) is 43.4 Å². The summed E-state index contributed by atoms with van der Waals surface area (Å²) in [5, 5.41) is 11.5. The summed E-state index contributed by atoms with van der Waals surface area (Å²) in [4.78, 5) is 87.6. The Balaban J connectivity index is 1.33. The number of ether oxygens (including phenoxy) is 1. The number of fused-ring (bicyclic) bond motifs is 14. The van der Waals surface area contributed by atoms with Crippen molar-refractivity contribution < 1.29 is 28.7 Å². The monoisotopic (exact) mass is 659 g/mol. The van der Waals surface area contributed by atoms with Gasteiger partial charge in [-0.1, -0.05) is 38.1 Å². The van der Waals surface area contributed by atoms with Gasteiger partial charge in [-0.2, -0.15) is 0 Å². The molecule has 1 saturated heterocycles. The Bertz CT molecular complexity index is 1740. The van der Waals surface area contributed by atoms with E-state index in [4.69, 9.17) is 4.74 Å². The number of amides is 5. The first-order valence-corrected chi connectivity index (χ1v) is 16.2. The summed E-state index contributed by atoms with van der Waals surface area (Å²) in [7, 11) is 0. The van der Waals surface area contributed by atoms with Gasteiger partial charge in [0.05, 0.1) is 10.9 Å². The van der Waals surface area contributed by atoms with Gasteiger partial charge in [-0.15, -0.1) is 0 Å². The van der Waals surface area contributed by atoms with Crippen molar-refractivity contribution in [1.29, 1.82) is 0 Å². The first-order valence-electron chi connectivity index (χ1n) is 16.2. The third kappa shape index (κ3) is 8.17. The van der Waals surface area contributed by atoms with Crippen LogP contribution in [0, 0.1) is 5.92 Å². The van der Waals surface area contributed by atoms with Crippen LogP contribution in [0.25, 0.3) is 10.9 Å². The van der Waals surface area contributed by atoms with Gasteiger partial charge >= 0.3 is 0 Å². The topological polar surface area (TPSA) is 192 Å². The average molecular weight is 660 g/mol. The quantitative estimate of drug-likeness (QED) is 0.259. The van der Waals surface area contributed by atoms with Crippen LogP contribution in [0.4, 0.5) is 0 Å². The first-order chi connectivity index (χ1) is 23.0. The molecule has 3 aromatic rings. The number of hydrogen-bond donors (Lipinski definition) is 5. The van der Waals surface area contributed by atoms with E-state index in [1.165, 1.54) is 11.8 Å². The van der Waals surface area contributed by atoms with Gasteiger partial charge in [0.2, 0.25) is 23.6 Å². The predicted molar refractivity (Wildman–Crippen MR) is 176 cm³/mol. The summed E-state index contributed by atoms with van der Waals surface area (Å²) in [6, 6.07) is 9.99. The van der Waals surface area contributed by atoms with Gasteiger partial charge in [0.25, 0.3) is 11.5 Å². The lowest BCUT2D eigenvalue weighted by Crippen LogP contribution is -2.58. The second kappa shape index (κ2) is 15.1. The summed E-state index contributed by atoms with van der Waals surface area (Å²) < 4.78 is 5.66. The molecule has 14 nitrogen and oxygen atoms in total. The Morgan fingerprint density at radius 1 is 1.00 bits per heavy atom. The number of carbonyl (C=O) groups is 5. The lowest BCUT2D eigenvalue weighted by Gasteiger charge is -2.31. The van der Waals surface area contributed by atoms with Crippen molar-refractivity contribution in [2.45, 2.75) is 70.6 Å². The highest BCUT2D eigenvalue weighted by Crippen LogP contribution is 2.21. The maximum atomic E-state index is 13.6. The molecule has 0 unspecified atom stereocenters. The first kappa shape index (κ1) is 34.1. The molecule has 48 heavy (non-hydrogen) atoms. The van der Waals surface area contributed by atoms with Gasteiger partial charge in [-0.05, 0) is 55.5 Å². The number of para-hydroxylation sites is 1. The summed E-state index contributed by atoms with van der Waals surface area (Å²) in [5.74, 6) is -1.84. The molecule has 254 valence electrons. The molecule has 4 heterocycles. The molecular formula is C34H41N7O7. The number of aromatic amines is 1. The van der Waals surface area contributed by atoms with Gasteiger partial charge in [0.15, 0.2) is 6.61 Å². The van der Waals surface area contributed by atoms with E-state index in [2.05, 4.69) is 31.2 Å². The highest BCUT2D eigenvalue weighted by molar-refractivity contribution is 5.96. The van der Waals surface area contributed by atoms with Crippen LogP contribution >= 0.6 is 0 Å². The number of aromatic nitrogens is 2. The van der Waals surface area contributed by atoms with Crippen LogP contribution in [0.5, 0.6) is 5.75 Å². The molecule has 0 aliphatic carbocycles. The van der Waals surface area contributed by atoms with Crippen molar-refractivity contribution in [1.82, 2.24) is 36.1 Å².